The number of hydrogen-bond acceptors (Lipinski definition) is 9. The van der Waals surface area contributed by atoms with Crippen molar-refractivity contribution >= 4 is 34.5 Å². The lowest BCUT2D eigenvalue weighted by atomic mass is 9.80. The normalized spacial score (nSPS) is 23.9. The second-order valence-electron chi connectivity index (χ2n) is 9.48. The van der Waals surface area contributed by atoms with Gasteiger partial charge in [0.2, 0.25) is 16.0 Å². The number of hydrazone groups is 1. The maximum Gasteiger partial charge on any atom is 0.437 e. The van der Waals surface area contributed by atoms with E-state index in [1.54, 1.807) is 33.8 Å². The minimum atomic E-state index is -4.04. The Bertz CT molecular complexity index is 1140. The van der Waals surface area contributed by atoms with Crippen LogP contribution in [0.25, 0.3) is 0 Å². The minimum Gasteiger partial charge on any atom is -0.442 e. The van der Waals surface area contributed by atoms with Crippen LogP contribution in [0.5, 0.6) is 0 Å². The highest BCUT2D eigenvalue weighted by Crippen LogP contribution is 2.45. The van der Waals surface area contributed by atoms with E-state index < -0.39 is 37.4 Å². The number of ether oxygens (including phenoxy) is 1. The standard InChI is InChI=1S/C21H30N6O6S/c1-20(2,3)33-19(28)26(24-22-5)18-23-21(4)16-13-15(27(29)30)12-11-14(16)9-7-8-10-17(21)34(31,32)25(18)6/h11-13,17,24H,5,7-10H2,1-4,6H3/t17-,21+/m0/s1. The van der Waals surface area contributed by atoms with Gasteiger partial charge in [-0.05, 0) is 58.1 Å². The number of hydrazine groups is 1. The van der Waals surface area contributed by atoms with Crippen LogP contribution >= 0.6 is 0 Å². The molecule has 3 rings (SSSR count). The van der Waals surface area contributed by atoms with E-state index in [1.165, 1.54) is 19.2 Å². The molecule has 12 nitrogen and oxygen atoms in total. The molecule has 0 saturated carbocycles. The van der Waals surface area contributed by atoms with Crippen LogP contribution in [0.15, 0.2) is 28.3 Å². The summed E-state index contributed by atoms with van der Waals surface area (Å²) in [6, 6.07) is 4.44. The number of guanidine groups is 1. The third-order valence-electron chi connectivity index (χ3n) is 5.94. The average molecular weight is 495 g/mol. The van der Waals surface area contributed by atoms with Crippen molar-refractivity contribution in [3.05, 3.63) is 39.4 Å². The van der Waals surface area contributed by atoms with Crippen molar-refractivity contribution in [2.45, 2.75) is 69.8 Å². The molecule has 186 valence electrons. The van der Waals surface area contributed by atoms with E-state index >= 15 is 0 Å². The number of aryl methyl sites for hydroxylation is 1. The van der Waals surface area contributed by atoms with Crippen LogP contribution in [0.2, 0.25) is 0 Å². The number of carbonyl (C=O) groups is 1. The number of nitro benzene ring substituents is 1. The molecule has 2 atom stereocenters. The molecule has 1 amide bonds. The van der Waals surface area contributed by atoms with Crippen LogP contribution in [0, 0.1) is 10.1 Å². The number of fused-ring (bicyclic) bond motifs is 3. The molecule has 0 saturated heterocycles. The van der Waals surface area contributed by atoms with Crippen molar-refractivity contribution in [3.63, 3.8) is 0 Å². The van der Waals surface area contributed by atoms with Crippen molar-refractivity contribution in [2.75, 3.05) is 7.05 Å². The molecule has 1 aliphatic heterocycles. The van der Waals surface area contributed by atoms with Gasteiger partial charge in [-0.3, -0.25) is 10.1 Å². The number of sulfonamides is 1. The van der Waals surface area contributed by atoms with E-state index in [0.717, 1.165) is 21.3 Å². The second kappa shape index (κ2) is 8.85. The minimum absolute atomic E-state index is 0.165. The predicted molar refractivity (Wildman–Crippen MR) is 127 cm³/mol. The number of hydrogen-bond donors (Lipinski definition) is 1. The Labute approximate surface area is 198 Å². The summed E-state index contributed by atoms with van der Waals surface area (Å²) >= 11 is 0. The number of rotatable bonds is 3. The Morgan fingerprint density at radius 1 is 1.41 bits per heavy atom. The van der Waals surface area contributed by atoms with E-state index in [4.69, 9.17) is 9.73 Å². The van der Waals surface area contributed by atoms with Crippen molar-refractivity contribution in [2.24, 2.45) is 10.1 Å². The highest BCUT2D eigenvalue weighted by molar-refractivity contribution is 7.90. The van der Waals surface area contributed by atoms with E-state index in [0.29, 0.717) is 24.8 Å². The number of non-ortho nitro benzene ring substituents is 1. The monoisotopic (exact) mass is 494 g/mol. The third kappa shape index (κ3) is 4.56. The van der Waals surface area contributed by atoms with Gasteiger partial charge in [0, 0.05) is 25.9 Å². The van der Waals surface area contributed by atoms with Crippen LogP contribution in [0.3, 0.4) is 0 Å². The second-order valence-corrected chi connectivity index (χ2v) is 11.6. The molecule has 1 aromatic rings. The van der Waals surface area contributed by atoms with Gasteiger partial charge in [-0.2, -0.15) is 5.10 Å². The molecule has 0 spiro atoms. The number of benzene rings is 1. The summed E-state index contributed by atoms with van der Waals surface area (Å²) in [4.78, 5) is 28.7. The van der Waals surface area contributed by atoms with Gasteiger partial charge in [-0.1, -0.05) is 12.5 Å². The number of nitrogens with one attached hydrogen (secondary N) is 1. The molecule has 1 aliphatic carbocycles. The number of aliphatic imine (C=N–C) groups is 1. The van der Waals surface area contributed by atoms with Gasteiger partial charge in [0.1, 0.15) is 16.4 Å². The predicted octanol–water partition coefficient (Wildman–Crippen LogP) is 2.89. The number of nitrogens with zero attached hydrogens (tertiary/aromatic N) is 5. The van der Waals surface area contributed by atoms with E-state index in [-0.39, 0.29) is 11.6 Å². The van der Waals surface area contributed by atoms with E-state index in [1.807, 2.05) is 0 Å². The van der Waals surface area contributed by atoms with Gasteiger partial charge in [0.15, 0.2) is 0 Å². The molecule has 0 radical (unpaired) electrons. The smallest absolute Gasteiger partial charge is 0.437 e. The Hall–Kier alpha value is -3.22. The van der Waals surface area contributed by atoms with Crippen LogP contribution in [-0.2, 0) is 26.7 Å². The lowest BCUT2D eigenvalue weighted by Crippen LogP contribution is -2.61. The molecule has 1 heterocycles. The summed E-state index contributed by atoms with van der Waals surface area (Å²) in [5.41, 5.74) is 1.12. The lowest BCUT2D eigenvalue weighted by Gasteiger charge is -2.45. The fourth-order valence-corrected chi connectivity index (χ4v) is 6.31. The SMILES string of the molecule is C=NNN(C(=O)OC(C)(C)C)C1=N[C@]2(C)c3cc([N+](=O)[O-])ccc3CCCC[C@@H]2S(=O)(=O)N1C. The summed E-state index contributed by atoms with van der Waals surface area (Å²) in [7, 11) is -2.75. The molecule has 1 N–H and O–H groups in total. The Morgan fingerprint density at radius 2 is 2.09 bits per heavy atom. The van der Waals surface area contributed by atoms with E-state index in [2.05, 4.69) is 17.4 Å². The maximum atomic E-state index is 13.7. The first-order chi connectivity index (χ1) is 15.7. The molecule has 0 bridgehead atoms. The van der Waals surface area contributed by atoms with Gasteiger partial charge in [-0.25, -0.2) is 28.0 Å². The topological polar surface area (TPSA) is 147 Å². The summed E-state index contributed by atoms with van der Waals surface area (Å²) in [5.74, 6) is -0.279. The fourth-order valence-electron chi connectivity index (χ4n) is 4.36. The van der Waals surface area contributed by atoms with Crippen molar-refractivity contribution in [1.82, 2.24) is 14.8 Å². The zero-order valence-corrected chi connectivity index (χ0v) is 20.8. The number of carbonyl (C=O) groups excluding carboxylic acids is 1. The Morgan fingerprint density at radius 3 is 2.68 bits per heavy atom. The van der Waals surface area contributed by atoms with E-state index in [9.17, 15) is 23.3 Å². The Kier molecular flexibility index (Phi) is 6.62. The van der Waals surface area contributed by atoms with Crippen molar-refractivity contribution in [3.8, 4) is 0 Å². The van der Waals surface area contributed by atoms with Crippen molar-refractivity contribution in [1.29, 1.82) is 0 Å². The van der Waals surface area contributed by atoms with Crippen LogP contribution in [-0.4, -0.2) is 59.3 Å². The summed E-state index contributed by atoms with van der Waals surface area (Å²) < 4.78 is 33.8. The molecule has 34 heavy (non-hydrogen) atoms. The van der Waals surface area contributed by atoms with Crippen LogP contribution < -0.4 is 5.53 Å². The molecule has 1 aromatic carbocycles. The zero-order chi connectivity index (χ0) is 25.5. The lowest BCUT2D eigenvalue weighted by molar-refractivity contribution is -0.385. The van der Waals surface area contributed by atoms with Crippen molar-refractivity contribution < 1.29 is 22.9 Å². The zero-order valence-electron chi connectivity index (χ0n) is 19.9. The fraction of sp³-hybridized carbons (Fsp3) is 0.571. The summed E-state index contributed by atoms with van der Waals surface area (Å²) in [5, 5.41) is 14.8. The van der Waals surface area contributed by atoms with Gasteiger partial charge in [0.25, 0.3) is 5.69 Å². The molecule has 2 aliphatic rings. The van der Waals surface area contributed by atoms with Crippen LogP contribution in [0.4, 0.5) is 10.5 Å². The van der Waals surface area contributed by atoms with Gasteiger partial charge in [0.05, 0.1) is 4.92 Å². The highest BCUT2D eigenvalue weighted by atomic mass is 32.2. The first kappa shape index (κ1) is 25.4. The largest absolute Gasteiger partial charge is 0.442 e. The van der Waals surface area contributed by atoms with Crippen LogP contribution in [0.1, 0.15) is 58.1 Å². The third-order valence-corrected chi connectivity index (χ3v) is 8.28. The molecule has 0 fully saturated rings. The molecular formula is C21H30N6O6S. The number of amides is 1. The quantitative estimate of drug-likeness (QED) is 0.386. The van der Waals surface area contributed by atoms with Gasteiger partial charge in [-0.15, -0.1) is 5.01 Å². The molecule has 0 aromatic heterocycles. The first-order valence-corrected chi connectivity index (χ1v) is 12.3. The Balaban J connectivity index is 2.29. The average Bonchev–Trinajstić information content (AvgIpc) is 2.71. The molecular weight excluding hydrogens is 464 g/mol. The maximum absolute atomic E-state index is 13.7. The van der Waals surface area contributed by atoms with Gasteiger partial charge < -0.3 is 4.74 Å². The molecule has 0 unspecified atom stereocenters. The first-order valence-electron chi connectivity index (χ1n) is 10.8. The highest BCUT2D eigenvalue weighted by Gasteiger charge is 2.53. The molecule has 13 heteroatoms. The number of nitro groups is 1. The summed E-state index contributed by atoms with van der Waals surface area (Å²) in [6.45, 7) is 9.94. The van der Waals surface area contributed by atoms with Gasteiger partial charge >= 0.3 is 6.09 Å². The summed E-state index contributed by atoms with van der Waals surface area (Å²) in [6.07, 6.45) is 1.36.